The van der Waals surface area contributed by atoms with Crippen LogP contribution in [0.1, 0.15) is 11.1 Å². The van der Waals surface area contributed by atoms with E-state index in [4.69, 9.17) is 0 Å². The molecule has 0 N–H and O–H groups in total. The largest absolute Gasteiger partial charge is 0.367 e. The maximum atomic E-state index is 13.3. The molecule has 1 aromatic heterocycles. The van der Waals surface area contributed by atoms with E-state index in [1.54, 1.807) is 12.3 Å². The fourth-order valence-corrected chi connectivity index (χ4v) is 2.76. The first-order valence-corrected chi connectivity index (χ1v) is 6.64. The van der Waals surface area contributed by atoms with Gasteiger partial charge in [-0.2, -0.15) is 0 Å². The first-order valence-electron chi connectivity index (χ1n) is 5.85. The van der Waals surface area contributed by atoms with Crippen LogP contribution < -0.4 is 4.90 Å². The second-order valence-electron chi connectivity index (χ2n) is 4.46. The van der Waals surface area contributed by atoms with Gasteiger partial charge in [-0.1, -0.05) is 6.07 Å². The molecule has 0 unspecified atom stereocenters. The molecular weight excluding hydrogens is 295 g/mol. The summed E-state index contributed by atoms with van der Waals surface area (Å²) in [4.78, 5) is 6.35. The molecule has 0 saturated carbocycles. The lowest BCUT2D eigenvalue weighted by Gasteiger charge is -2.19. The van der Waals surface area contributed by atoms with Crippen LogP contribution in [0.4, 0.5) is 10.1 Å². The number of fused-ring (bicyclic) bond motifs is 1. The van der Waals surface area contributed by atoms with Gasteiger partial charge in [-0.15, -0.1) is 0 Å². The number of hydrogen-bond donors (Lipinski definition) is 0. The van der Waals surface area contributed by atoms with Gasteiger partial charge in [0.2, 0.25) is 0 Å². The summed E-state index contributed by atoms with van der Waals surface area (Å²) in [5.41, 5.74) is 3.36. The van der Waals surface area contributed by atoms with E-state index >= 15 is 0 Å². The van der Waals surface area contributed by atoms with Gasteiger partial charge in [-0.3, -0.25) is 4.98 Å². The Morgan fingerprint density at radius 2 is 2.17 bits per heavy atom. The fourth-order valence-electron chi connectivity index (χ4n) is 2.35. The third-order valence-electron chi connectivity index (χ3n) is 3.17. The Labute approximate surface area is 114 Å². The van der Waals surface area contributed by atoms with Crippen LogP contribution in [-0.2, 0) is 13.0 Å². The third-order valence-corrected chi connectivity index (χ3v) is 3.61. The molecule has 18 heavy (non-hydrogen) atoms. The maximum Gasteiger partial charge on any atom is 0.125 e. The van der Waals surface area contributed by atoms with Crippen LogP contribution in [0.25, 0.3) is 0 Å². The first-order chi connectivity index (χ1) is 8.72. The van der Waals surface area contributed by atoms with Crippen molar-refractivity contribution in [3.05, 3.63) is 58.1 Å². The SMILES string of the molecule is Fc1ccc2c(c1)N(Cc1cncc(Br)c1)CC2. The van der Waals surface area contributed by atoms with E-state index < -0.39 is 0 Å². The van der Waals surface area contributed by atoms with Gasteiger partial charge in [-0.25, -0.2) is 4.39 Å². The highest BCUT2D eigenvalue weighted by molar-refractivity contribution is 9.10. The smallest absolute Gasteiger partial charge is 0.125 e. The van der Waals surface area contributed by atoms with Gasteiger partial charge in [0, 0.05) is 35.6 Å². The average Bonchev–Trinajstić information content (AvgIpc) is 2.72. The van der Waals surface area contributed by atoms with Crippen molar-refractivity contribution in [1.29, 1.82) is 0 Å². The van der Waals surface area contributed by atoms with Crippen molar-refractivity contribution < 1.29 is 4.39 Å². The van der Waals surface area contributed by atoms with Crippen LogP contribution in [0, 0.1) is 5.82 Å². The zero-order valence-corrected chi connectivity index (χ0v) is 11.3. The van der Waals surface area contributed by atoms with E-state index in [1.165, 1.54) is 11.6 Å². The molecule has 4 heteroatoms. The van der Waals surface area contributed by atoms with Crippen molar-refractivity contribution in [2.24, 2.45) is 0 Å². The van der Waals surface area contributed by atoms with Crippen LogP contribution in [0.2, 0.25) is 0 Å². The van der Waals surface area contributed by atoms with Gasteiger partial charge in [-0.05, 0) is 51.7 Å². The summed E-state index contributed by atoms with van der Waals surface area (Å²) in [5.74, 6) is -0.173. The summed E-state index contributed by atoms with van der Waals surface area (Å²) in [6.45, 7) is 1.70. The normalized spacial score (nSPS) is 13.8. The summed E-state index contributed by atoms with van der Waals surface area (Å²) in [6.07, 6.45) is 4.60. The minimum absolute atomic E-state index is 0.173. The van der Waals surface area contributed by atoms with E-state index in [0.717, 1.165) is 35.2 Å². The second-order valence-corrected chi connectivity index (χ2v) is 5.37. The molecule has 0 atom stereocenters. The average molecular weight is 307 g/mol. The molecule has 0 fully saturated rings. The lowest BCUT2D eigenvalue weighted by molar-refractivity contribution is 0.627. The predicted octanol–water partition coefficient (Wildman–Crippen LogP) is 3.55. The number of anilines is 1. The van der Waals surface area contributed by atoms with E-state index in [9.17, 15) is 4.39 Å². The molecule has 0 spiro atoms. The molecule has 2 heterocycles. The predicted molar refractivity (Wildman–Crippen MR) is 73.1 cm³/mol. The summed E-state index contributed by atoms with van der Waals surface area (Å²) in [6, 6.07) is 7.07. The Balaban J connectivity index is 1.86. The van der Waals surface area contributed by atoms with Crippen molar-refractivity contribution >= 4 is 21.6 Å². The number of pyridine rings is 1. The van der Waals surface area contributed by atoms with E-state index in [1.807, 2.05) is 18.3 Å². The molecule has 0 radical (unpaired) electrons. The Morgan fingerprint density at radius 3 is 3.00 bits per heavy atom. The number of nitrogens with zero attached hydrogens (tertiary/aromatic N) is 2. The third kappa shape index (κ3) is 2.25. The van der Waals surface area contributed by atoms with Gasteiger partial charge < -0.3 is 4.90 Å². The van der Waals surface area contributed by atoms with Gasteiger partial charge in [0.15, 0.2) is 0 Å². The number of halogens is 2. The molecule has 0 amide bonds. The van der Waals surface area contributed by atoms with Crippen LogP contribution >= 0.6 is 15.9 Å². The standard InChI is InChI=1S/C14H12BrFN2/c15-12-5-10(7-17-8-12)9-18-4-3-11-1-2-13(16)6-14(11)18/h1-2,5-8H,3-4,9H2. The molecule has 1 aliphatic heterocycles. The Hall–Kier alpha value is -1.42. The van der Waals surface area contributed by atoms with E-state index in [-0.39, 0.29) is 5.82 Å². The molecule has 92 valence electrons. The number of benzene rings is 1. The van der Waals surface area contributed by atoms with Gasteiger partial charge >= 0.3 is 0 Å². The van der Waals surface area contributed by atoms with Crippen LogP contribution in [0.15, 0.2) is 41.1 Å². The monoisotopic (exact) mass is 306 g/mol. The highest BCUT2D eigenvalue weighted by atomic mass is 79.9. The van der Waals surface area contributed by atoms with Crippen molar-refractivity contribution in [1.82, 2.24) is 4.98 Å². The Morgan fingerprint density at radius 1 is 1.28 bits per heavy atom. The quantitative estimate of drug-likeness (QED) is 0.843. The molecule has 0 saturated heterocycles. The van der Waals surface area contributed by atoms with Crippen molar-refractivity contribution in [3.63, 3.8) is 0 Å². The van der Waals surface area contributed by atoms with Crippen molar-refractivity contribution in [2.75, 3.05) is 11.4 Å². The number of aromatic nitrogens is 1. The summed E-state index contributed by atoms with van der Waals surface area (Å²) >= 11 is 3.41. The minimum Gasteiger partial charge on any atom is -0.367 e. The summed E-state index contributed by atoms with van der Waals surface area (Å²) in [5, 5.41) is 0. The molecule has 1 aliphatic rings. The molecule has 2 aromatic rings. The zero-order chi connectivity index (χ0) is 12.5. The van der Waals surface area contributed by atoms with Crippen LogP contribution in [-0.4, -0.2) is 11.5 Å². The van der Waals surface area contributed by atoms with Gasteiger partial charge in [0.1, 0.15) is 5.82 Å². The molecule has 1 aromatic carbocycles. The van der Waals surface area contributed by atoms with Crippen molar-refractivity contribution in [3.8, 4) is 0 Å². The van der Waals surface area contributed by atoms with Crippen LogP contribution in [0.3, 0.4) is 0 Å². The molecule has 3 rings (SSSR count). The van der Waals surface area contributed by atoms with Crippen molar-refractivity contribution in [2.45, 2.75) is 13.0 Å². The summed E-state index contributed by atoms with van der Waals surface area (Å²) < 4.78 is 14.3. The molecule has 0 aliphatic carbocycles. The second kappa shape index (κ2) is 4.69. The molecule has 2 nitrogen and oxygen atoms in total. The van der Waals surface area contributed by atoms with Gasteiger partial charge in [0.05, 0.1) is 0 Å². The Kier molecular flexibility index (Phi) is 3.04. The topological polar surface area (TPSA) is 16.1 Å². The van der Waals surface area contributed by atoms with Crippen LogP contribution in [0.5, 0.6) is 0 Å². The Bertz CT molecular complexity index is 586. The molecular formula is C14H12BrFN2. The fraction of sp³-hybridized carbons (Fsp3) is 0.214. The number of rotatable bonds is 2. The highest BCUT2D eigenvalue weighted by Gasteiger charge is 2.19. The lowest BCUT2D eigenvalue weighted by Crippen LogP contribution is -2.19. The zero-order valence-electron chi connectivity index (χ0n) is 9.74. The maximum absolute atomic E-state index is 13.3. The number of hydrogen-bond acceptors (Lipinski definition) is 2. The van der Waals surface area contributed by atoms with Gasteiger partial charge in [0.25, 0.3) is 0 Å². The van der Waals surface area contributed by atoms with E-state index in [2.05, 4.69) is 25.8 Å². The minimum atomic E-state index is -0.173. The van der Waals surface area contributed by atoms with E-state index in [0.29, 0.717) is 0 Å². The molecule has 0 bridgehead atoms. The highest BCUT2D eigenvalue weighted by Crippen LogP contribution is 2.30. The first kappa shape index (κ1) is 11.7. The lowest BCUT2D eigenvalue weighted by atomic mass is 10.1. The summed E-state index contributed by atoms with van der Waals surface area (Å²) in [7, 11) is 0.